The maximum absolute atomic E-state index is 12.7. The van der Waals surface area contributed by atoms with E-state index in [4.69, 9.17) is 4.74 Å². The summed E-state index contributed by atoms with van der Waals surface area (Å²) < 4.78 is 5.93. The molecule has 0 spiro atoms. The fourth-order valence-corrected chi connectivity index (χ4v) is 2.97. The molecule has 0 saturated carbocycles. The van der Waals surface area contributed by atoms with Crippen LogP contribution in [0.4, 0.5) is 5.69 Å². The molecular weight excluding hydrogens is 364 g/mol. The lowest BCUT2D eigenvalue weighted by molar-refractivity contribution is -0.122. The minimum atomic E-state index is -0.737. The van der Waals surface area contributed by atoms with Crippen molar-refractivity contribution in [3.8, 4) is 5.75 Å². The van der Waals surface area contributed by atoms with Gasteiger partial charge in [-0.25, -0.2) is 0 Å². The van der Waals surface area contributed by atoms with Gasteiger partial charge in [0.2, 0.25) is 0 Å². The Hall–Kier alpha value is -3.34. The Labute approximate surface area is 171 Å². The third kappa shape index (κ3) is 5.13. The van der Waals surface area contributed by atoms with Crippen molar-refractivity contribution in [2.24, 2.45) is 0 Å². The molecular formula is C24H26N2O3. The molecule has 1 unspecified atom stereocenters. The van der Waals surface area contributed by atoms with Gasteiger partial charge in [-0.2, -0.15) is 0 Å². The number of ether oxygens (including phenoxy) is 1. The number of fused-ring (bicyclic) bond motifs is 1. The number of benzene rings is 3. The first kappa shape index (κ1) is 20.4. The van der Waals surface area contributed by atoms with E-state index in [0.29, 0.717) is 17.0 Å². The Morgan fingerprint density at radius 2 is 1.55 bits per heavy atom. The van der Waals surface area contributed by atoms with Gasteiger partial charge in [-0.1, -0.05) is 48.5 Å². The number of hydrogen-bond acceptors (Lipinski definition) is 3. The lowest BCUT2D eigenvalue weighted by Gasteiger charge is -2.22. The lowest BCUT2D eigenvalue weighted by atomic mass is 10.1. The molecule has 1 atom stereocenters. The fourth-order valence-electron chi connectivity index (χ4n) is 2.97. The topological polar surface area (TPSA) is 67.4 Å². The Morgan fingerprint density at radius 1 is 0.897 bits per heavy atom. The third-order valence-electron chi connectivity index (χ3n) is 4.34. The van der Waals surface area contributed by atoms with Gasteiger partial charge in [0.05, 0.1) is 11.3 Å². The maximum Gasteiger partial charge on any atom is 0.265 e. The number of hydrogen-bond donors (Lipinski definition) is 2. The summed E-state index contributed by atoms with van der Waals surface area (Å²) in [5.74, 6) is 0.0782. The fraction of sp³-hybridized carbons (Fsp3) is 0.250. The second kappa shape index (κ2) is 8.35. The van der Waals surface area contributed by atoms with Crippen molar-refractivity contribution in [1.29, 1.82) is 0 Å². The van der Waals surface area contributed by atoms with Gasteiger partial charge in [0, 0.05) is 10.9 Å². The zero-order valence-electron chi connectivity index (χ0n) is 17.2. The van der Waals surface area contributed by atoms with Crippen LogP contribution in [0.3, 0.4) is 0 Å². The number of carbonyl (C=O) groups is 2. The van der Waals surface area contributed by atoms with E-state index in [2.05, 4.69) is 10.6 Å². The van der Waals surface area contributed by atoms with Crippen molar-refractivity contribution in [2.75, 3.05) is 5.32 Å². The Bertz CT molecular complexity index is 1030. The van der Waals surface area contributed by atoms with Gasteiger partial charge in [0.1, 0.15) is 5.75 Å². The molecule has 2 N–H and O–H groups in total. The van der Waals surface area contributed by atoms with Crippen LogP contribution in [0.2, 0.25) is 0 Å². The van der Waals surface area contributed by atoms with E-state index < -0.39 is 6.10 Å². The highest BCUT2D eigenvalue weighted by atomic mass is 16.5. The number of rotatable bonds is 5. The number of carbonyl (C=O) groups excluding carboxylic acids is 2. The highest BCUT2D eigenvalue weighted by Crippen LogP contribution is 2.26. The predicted molar refractivity (Wildman–Crippen MR) is 116 cm³/mol. The van der Waals surface area contributed by atoms with Crippen molar-refractivity contribution in [3.63, 3.8) is 0 Å². The molecule has 0 aromatic heterocycles. The molecule has 3 aromatic rings. The van der Waals surface area contributed by atoms with Crippen LogP contribution in [0, 0.1) is 0 Å². The van der Waals surface area contributed by atoms with E-state index in [9.17, 15) is 9.59 Å². The molecule has 0 aliphatic rings. The van der Waals surface area contributed by atoms with Crippen molar-refractivity contribution in [1.82, 2.24) is 5.32 Å². The van der Waals surface area contributed by atoms with E-state index in [1.807, 2.05) is 63.2 Å². The standard InChI is InChI=1S/C24H26N2O3/c1-16(29-21-15-9-11-17-10-5-6-12-18(17)21)22(27)25-20-14-8-7-13-19(20)23(28)26-24(2,3)4/h5-16H,1-4H3,(H,25,27)(H,26,28). The molecule has 0 heterocycles. The third-order valence-corrected chi connectivity index (χ3v) is 4.34. The van der Waals surface area contributed by atoms with Crippen LogP contribution < -0.4 is 15.4 Å². The van der Waals surface area contributed by atoms with Gasteiger partial charge < -0.3 is 15.4 Å². The second-order valence-electron chi connectivity index (χ2n) is 7.98. The van der Waals surface area contributed by atoms with Crippen LogP contribution in [-0.4, -0.2) is 23.5 Å². The summed E-state index contributed by atoms with van der Waals surface area (Å²) in [5.41, 5.74) is 0.486. The SMILES string of the molecule is CC(Oc1cccc2ccccc12)C(=O)Nc1ccccc1C(=O)NC(C)(C)C. The molecule has 5 nitrogen and oxygen atoms in total. The van der Waals surface area contributed by atoms with Gasteiger partial charge >= 0.3 is 0 Å². The van der Waals surface area contributed by atoms with Gasteiger partial charge in [-0.15, -0.1) is 0 Å². The van der Waals surface area contributed by atoms with Crippen molar-refractivity contribution in [3.05, 3.63) is 72.3 Å². The van der Waals surface area contributed by atoms with Gasteiger partial charge in [-0.05, 0) is 51.3 Å². The minimum Gasteiger partial charge on any atom is -0.480 e. The number of amides is 2. The number of anilines is 1. The average molecular weight is 390 g/mol. The zero-order valence-corrected chi connectivity index (χ0v) is 17.2. The molecule has 0 saturated heterocycles. The van der Waals surface area contributed by atoms with Gasteiger partial charge in [0.25, 0.3) is 11.8 Å². The zero-order chi connectivity index (χ0) is 21.0. The van der Waals surface area contributed by atoms with Crippen LogP contribution >= 0.6 is 0 Å². The maximum atomic E-state index is 12.7. The molecule has 29 heavy (non-hydrogen) atoms. The first-order valence-corrected chi connectivity index (χ1v) is 9.61. The minimum absolute atomic E-state index is 0.240. The molecule has 0 fully saturated rings. The number of para-hydroxylation sites is 1. The van der Waals surface area contributed by atoms with Crippen LogP contribution in [0.25, 0.3) is 10.8 Å². The monoisotopic (exact) mass is 390 g/mol. The van der Waals surface area contributed by atoms with Crippen molar-refractivity contribution in [2.45, 2.75) is 39.3 Å². The normalized spacial score (nSPS) is 12.3. The highest BCUT2D eigenvalue weighted by molar-refractivity contribution is 6.05. The second-order valence-corrected chi connectivity index (χ2v) is 7.98. The summed E-state index contributed by atoms with van der Waals surface area (Å²) in [4.78, 5) is 25.3. The molecule has 0 bridgehead atoms. The van der Waals surface area contributed by atoms with Gasteiger partial charge in [0.15, 0.2) is 6.10 Å². The summed E-state index contributed by atoms with van der Waals surface area (Å²) in [6.07, 6.45) is -0.737. The van der Waals surface area contributed by atoms with Crippen LogP contribution in [-0.2, 0) is 4.79 Å². The molecule has 150 valence electrons. The van der Waals surface area contributed by atoms with E-state index in [1.54, 1.807) is 31.2 Å². The van der Waals surface area contributed by atoms with E-state index in [-0.39, 0.29) is 17.4 Å². The van der Waals surface area contributed by atoms with Crippen LogP contribution in [0.1, 0.15) is 38.1 Å². The molecule has 0 aliphatic carbocycles. The van der Waals surface area contributed by atoms with Crippen molar-refractivity contribution >= 4 is 28.3 Å². The van der Waals surface area contributed by atoms with E-state index in [0.717, 1.165) is 10.8 Å². The van der Waals surface area contributed by atoms with Gasteiger partial charge in [-0.3, -0.25) is 9.59 Å². The summed E-state index contributed by atoms with van der Waals surface area (Å²) in [7, 11) is 0. The molecule has 2 amide bonds. The van der Waals surface area contributed by atoms with Crippen molar-refractivity contribution < 1.29 is 14.3 Å². The molecule has 5 heteroatoms. The molecule has 3 rings (SSSR count). The predicted octanol–water partition coefficient (Wildman–Crippen LogP) is 4.77. The van der Waals surface area contributed by atoms with Crippen LogP contribution in [0.15, 0.2) is 66.7 Å². The first-order valence-electron chi connectivity index (χ1n) is 9.61. The summed E-state index contributed by atoms with van der Waals surface area (Å²) in [6, 6.07) is 20.5. The van der Waals surface area contributed by atoms with E-state index >= 15 is 0 Å². The summed E-state index contributed by atoms with van der Waals surface area (Å²) in [6.45, 7) is 7.42. The molecule has 0 radical (unpaired) electrons. The largest absolute Gasteiger partial charge is 0.480 e. The Kier molecular flexibility index (Phi) is 5.87. The van der Waals surface area contributed by atoms with Crippen LogP contribution in [0.5, 0.6) is 5.75 Å². The summed E-state index contributed by atoms with van der Waals surface area (Å²) >= 11 is 0. The Balaban J connectivity index is 1.76. The highest BCUT2D eigenvalue weighted by Gasteiger charge is 2.21. The molecule has 0 aliphatic heterocycles. The number of nitrogens with one attached hydrogen (secondary N) is 2. The average Bonchev–Trinajstić information content (AvgIpc) is 2.67. The summed E-state index contributed by atoms with van der Waals surface area (Å²) in [5, 5.41) is 7.72. The quantitative estimate of drug-likeness (QED) is 0.659. The first-order chi connectivity index (χ1) is 13.7. The Morgan fingerprint density at radius 3 is 2.31 bits per heavy atom. The molecule has 3 aromatic carbocycles. The van der Waals surface area contributed by atoms with E-state index in [1.165, 1.54) is 0 Å². The lowest BCUT2D eigenvalue weighted by Crippen LogP contribution is -2.41. The smallest absolute Gasteiger partial charge is 0.265 e.